The van der Waals surface area contributed by atoms with Gasteiger partial charge in [0.15, 0.2) is 6.61 Å². The second-order valence-corrected chi connectivity index (χ2v) is 5.22. The number of carbonyl (C=O) groups excluding carboxylic acids is 1. The molecule has 0 atom stereocenters. The SMILES string of the molecule is Cc1ccnc(NC(=O)c2ccc(OCc3noc(C)n3)cc2)c1. The number of hydrogen-bond acceptors (Lipinski definition) is 6. The zero-order valence-corrected chi connectivity index (χ0v) is 13.3. The monoisotopic (exact) mass is 324 g/mol. The molecular formula is C17H16N4O3. The zero-order chi connectivity index (χ0) is 16.9. The molecule has 24 heavy (non-hydrogen) atoms. The van der Waals surface area contributed by atoms with Crippen LogP contribution in [0, 0.1) is 13.8 Å². The molecule has 2 aromatic heterocycles. The lowest BCUT2D eigenvalue weighted by Crippen LogP contribution is -2.12. The lowest BCUT2D eigenvalue weighted by molar-refractivity contribution is 0.102. The number of nitrogens with zero attached hydrogens (tertiary/aromatic N) is 3. The molecule has 0 aliphatic rings. The van der Waals surface area contributed by atoms with Gasteiger partial charge >= 0.3 is 0 Å². The molecule has 2 heterocycles. The van der Waals surface area contributed by atoms with E-state index in [4.69, 9.17) is 9.26 Å². The average Bonchev–Trinajstić information content (AvgIpc) is 2.99. The van der Waals surface area contributed by atoms with Crippen molar-refractivity contribution in [3.8, 4) is 5.75 Å². The first-order valence-corrected chi connectivity index (χ1v) is 7.36. The minimum absolute atomic E-state index is 0.204. The van der Waals surface area contributed by atoms with E-state index in [0.717, 1.165) is 5.56 Å². The molecule has 7 heteroatoms. The summed E-state index contributed by atoms with van der Waals surface area (Å²) in [5.41, 5.74) is 1.54. The standard InChI is InChI=1S/C17H16N4O3/c1-11-7-8-18-15(9-11)20-17(22)13-3-5-14(6-4-13)23-10-16-19-12(2)24-21-16/h3-9H,10H2,1-2H3,(H,18,20,22). The van der Waals surface area contributed by atoms with E-state index >= 15 is 0 Å². The maximum absolute atomic E-state index is 12.2. The fraction of sp³-hybridized carbons (Fsp3) is 0.176. The highest BCUT2D eigenvalue weighted by atomic mass is 16.5. The predicted molar refractivity (Wildman–Crippen MR) is 86.7 cm³/mol. The van der Waals surface area contributed by atoms with Gasteiger partial charge in [0.25, 0.3) is 5.91 Å². The quantitative estimate of drug-likeness (QED) is 0.776. The van der Waals surface area contributed by atoms with Crippen molar-refractivity contribution in [2.45, 2.75) is 20.5 Å². The Hall–Kier alpha value is -3.22. The van der Waals surface area contributed by atoms with E-state index in [-0.39, 0.29) is 12.5 Å². The van der Waals surface area contributed by atoms with E-state index in [1.807, 2.05) is 19.1 Å². The summed E-state index contributed by atoms with van der Waals surface area (Å²) in [6, 6.07) is 10.5. The summed E-state index contributed by atoms with van der Waals surface area (Å²) in [6.45, 7) is 3.86. The van der Waals surface area contributed by atoms with Crippen LogP contribution in [0.3, 0.4) is 0 Å². The molecule has 0 aliphatic carbocycles. The Balaban J connectivity index is 1.60. The van der Waals surface area contributed by atoms with E-state index in [2.05, 4.69) is 20.4 Å². The van der Waals surface area contributed by atoms with Crippen LogP contribution in [0.25, 0.3) is 0 Å². The van der Waals surface area contributed by atoms with Gasteiger partial charge in [0.2, 0.25) is 11.7 Å². The number of carbonyl (C=O) groups is 1. The predicted octanol–water partition coefficient (Wildman–Crippen LogP) is 2.91. The van der Waals surface area contributed by atoms with Gasteiger partial charge < -0.3 is 14.6 Å². The van der Waals surface area contributed by atoms with Gasteiger partial charge in [0, 0.05) is 18.7 Å². The first-order valence-electron chi connectivity index (χ1n) is 7.36. The summed E-state index contributed by atoms with van der Waals surface area (Å²) >= 11 is 0. The Morgan fingerprint density at radius 3 is 2.67 bits per heavy atom. The number of anilines is 1. The highest BCUT2D eigenvalue weighted by molar-refractivity contribution is 6.03. The fourth-order valence-corrected chi connectivity index (χ4v) is 2.04. The van der Waals surface area contributed by atoms with Crippen molar-refractivity contribution in [1.82, 2.24) is 15.1 Å². The van der Waals surface area contributed by atoms with Gasteiger partial charge in [-0.25, -0.2) is 4.98 Å². The third-order valence-corrected chi connectivity index (χ3v) is 3.21. The summed E-state index contributed by atoms with van der Waals surface area (Å²) in [7, 11) is 0. The molecule has 0 radical (unpaired) electrons. The van der Waals surface area contributed by atoms with Crippen molar-refractivity contribution in [3.05, 3.63) is 65.4 Å². The van der Waals surface area contributed by atoms with Crippen LogP contribution in [0.2, 0.25) is 0 Å². The molecule has 1 amide bonds. The molecule has 1 aromatic carbocycles. The summed E-state index contributed by atoms with van der Waals surface area (Å²) in [4.78, 5) is 20.4. The third-order valence-electron chi connectivity index (χ3n) is 3.21. The Bertz CT molecular complexity index is 843. The molecule has 0 saturated heterocycles. The van der Waals surface area contributed by atoms with Crippen LogP contribution in [0.1, 0.15) is 27.6 Å². The van der Waals surface area contributed by atoms with E-state index in [1.54, 1.807) is 37.4 Å². The number of pyridine rings is 1. The van der Waals surface area contributed by atoms with Crippen LogP contribution >= 0.6 is 0 Å². The summed E-state index contributed by atoms with van der Waals surface area (Å²) in [5, 5.41) is 6.50. The van der Waals surface area contributed by atoms with Gasteiger partial charge in [-0.1, -0.05) is 5.16 Å². The molecule has 122 valence electrons. The van der Waals surface area contributed by atoms with Gasteiger partial charge in [-0.05, 0) is 48.9 Å². The molecule has 1 N–H and O–H groups in total. The van der Waals surface area contributed by atoms with Crippen molar-refractivity contribution >= 4 is 11.7 Å². The van der Waals surface area contributed by atoms with E-state index in [1.165, 1.54) is 0 Å². The minimum atomic E-state index is -0.228. The van der Waals surface area contributed by atoms with Gasteiger partial charge in [0.05, 0.1) is 0 Å². The maximum atomic E-state index is 12.2. The molecule has 0 saturated carbocycles. The van der Waals surface area contributed by atoms with Crippen molar-refractivity contribution in [2.24, 2.45) is 0 Å². The van der Waals surface area contributed by atoms with Gasteiger partial charge in [-0.3, -0.25) is 4.79 Å². The van der Waals surface area contributed by atoms with Crippen molar-refractivity contribution in [3.63, 3.8) is 0 Å². The molecule has 0 unspecified atom stereocenters. The summed E-state index contributed by atoms with van der Waals surface area (Å²) < 4.78 is 10.4. The number of rotatable bonds is 5. The second-order valence-electron chi connectivity index (χ2n) is 5.22. The van der Waals surface area contributed by atoms with Crippen LogP contribution in [0.5, 0.6) is 5.75 Å². The number of nitrogens with one attached hydrogen (secondary N) is 1. The van der Waals surface area contributed by atoms with Crippen molar-refractivity contribution in [1.29, 1.82) is 0 Å². The summed E-state index contributed by atoms with van der Waals surface area (Å²) in [6.07, 6.45) is 1.65. The molecule has 3 aromatic rings. The molecule has 0 aliphatic heterocycles. The fourth-order valence-electron chi connectivity index (χ4n) is 2.04. The summed E-state index contributed by atoms with van der Waals surface area (Å²) in [5.74, 6) is 1.87. The van der Waals surface area contributed by atoms with Gasteiger partial charge in [-0.15, -0.1) is 0 Å². The number of hydrogen-bond donors (Lipinski definition) is 1. The molecule has 0 bridgehead atoms. The Labute approximate surface area is 138 Å². The van der Waals surface area contributed by atoms with Gasteiger partial charge in [0.1, 0.15) is 11.6 Å². The molecule has 0 fully saturated rings. The highest BCUT2D eigenvalue weighted by Gasteiger charge is 2.08. The minimum Gasteiger partial charge on any atom is -0.485 e. The molecule has 7 nitrogen and oxygen atoms in total. The lowest BCUT2D eigenvalue weighted by Gasteiger charge is -2.07. The zero-order valence-electron chi connectivity index (χ0n) is 13.3. The highest BCUT2D eigenvalue weighted by Crippen LogP contribution is 2.15. The smallest absolute Gasteiger partial charge is 0.256 e. The van der Waals surface area contributed by atoms with Crippen molar-refractivity contribution < 1.29 is 14.1 Å². The second kappa shape index (κ2) is 6.91. The first-order chi connectivity index (χ1) is 11.6. The molecular weight excluding hydrogens is 308 g/mol. The largest absolute Gasteiger partial charge is 0.485 e. The van der Waals surface area contributed by atoms with E-state index in [0.29, 0.717) is 28.8 Å². The Morgan fingerprint density at radius 1 is 1.21 bits per heavy atom. The van der Waals surface area contributed by atoms with Gasteiger partial charge in [-0.2, -0.15) is 4.98 Å². The number of benzene rings is 1. The number of ether oxygens (including phenoxy) is 1. The normalized spacial score (nSPS) is 10.4. The van der Waals surface area contributed by atoms with Crippen LogP contribution in [-0.2, 0) is 6.61 Å². The number of aromatic nitrogens is 3. The van der Waals surface area contributed by atoms with Crippen molar-refractivity contribution in [2.75, 3.05) is 5.32 Å². The van der Waals surface area contributed by atoms with Crippen LogP contribution in [0.15, 0.2) is 47.1 Å². The third kappa shape index (κ3) is 3.95. The molecule has 0 spiro atoms. The molecule has 3 rings (SSSR count). The van der Waals surface area contributed by atoms with E-state index < -0.39 is 0 Å². The topological polar surface area (TPSA) is 90.1 Å². The maximum Gasteiger partial charge on any atom is 0.256 e. The van der Waals surface area contributed by atoms with Crippen LogP contribution in [-0.4, -0.2) is 21.0 Å². The number of aryl methyl sites for hydroxylation is 2. The van der Waals surface area contributed by atoms with E-state index in [9.17, 15) is 4.79 Å². The average molecular weight is 324 g/mol. The first kappa shape index (κ1) is 15.7. The Morgan fingerprint density at radius 2 is 2.00 bits per heavy atom. The number of amides is 1. The Kier molecular flexibility index (Phi) is 4.51. The van der Waals surface area contributed by atoms with Crippen LogP contribution in [0.4, 0.5) is 5.82 Å². The lowest BCUT2D eigenvalue weighted by atomic mass is 10.2. The van der Waals surface area contributed by atoms with Crippen LogP contribution < -0.4 is 10.1 Å².